The third-order valence-electron chi connectivity index (χ3n) is 3.58. The Hall–Kier alpha value is -1.03. The van der Waals surface area contributed by atoms with E-state index in [0.717, 1.165) is 38.0 Å². The molecule has 0 radical (unpaired) electrons. The van der Waals surface area contributed by atoms with Crippen LogP contribution in [0.15, 0.2) is 12.4 Å². The largest absolute Gasteiger partial charge is 0.342 e. The average Bonchev–Trinajstić information content (AvgIpc) is 2.85. The molecule has 1 atom stereocenters. The van der Waals surface area contributed by atoms with Gasteiger partial charge in [-0.1, -0.05) is 0 Å². The summed E-state index contributed by atoms with van der Waals surface area (Å²) in [6.45, 7) is 9.88. The molecule has 4 nitrogen and oxygen atoms in total. The lowest BCUT2D eigenvalue weighted by Crippen LogP contribution is -2.39. The summed E-state index contributed by atoms with van der Waals surface area (Å²) in [5, 5.41) is 3.48. The Morgan fingerprint density at radius 3 is 3.06 bits per heavy atom. The summed E-state index contributed by atoms with van der Waals surface area (Å²) in [7, 11) is 0. The minimum absolute atomic E-state index is 0.769. The van der Waals surface area contributed by atoms with Crippen molar-refractivity contribution in [3.8, 4) is 0 Å². The topological polar surface area (TPSA) is 33.1 Å². The van der Waals surface area contributed by atoms with Gasteiger partial charge in [0.1, 0.15) is 0 Å². The van der Waals surface area contributed by atoms with Gasteiger partial charge in [-0.2, -0.15) is 0 Å². The summed E-state index contributed by atoms with van der Waals surface area (Å²) in [6.07, 6.45) is 6.62. The zero-order valence-corrected chi connectivity index (χ0v) is 11.0. The van der Waals surface area contributed by atoms with Crippen LogP contribution in [0.2, 0.25) is 0 Å². The SMILES string of the molecule is CCN(CC1CCCNC1)c1nccn1CC. The minimum atomic E-state index is 0.769. The molecule has 0 spiro atoms. The minimum Gasteiger partial charge on any atom is -0.342 e. The van der Waals surface area contributed by atoms with Crippen LogP contribution in [0, 0.1) is 5.92 Å². The molecule has 1 N–H and O–H groups in total. The van der Waals surface area contributed by atoms with Crippen LogP contribution in [0.1, 0.15) is 26.7 Å². The van der Waals surface area contributed by atoms with Gasteiger partial charge in [-0.25, -0.2) is 4.98 Å². The third-order valence-corrected chi connectivity index (χ3v) is 3.58. The standard InChI is InChI=1S/C13H24N4/c1-3-16-9-8-15-13(16)17(4-2)11-12-6-5-7-14-10-12/h8-9,12,14H,3-7,10-11H2,1-2H3. The summed E-state index contributed by atoms with van der Waals surface area (Å²) in [5.74, 6) is 1.89. The van der Waals surface area contributed by atoms with E-state index in [9.17, 15) is 0 Å². The molecule has 1 saturated heterocycles. The van der Waals surface area contributed by atoms with Gasteiger partial charge in [0.15, 0.2) is 0 Å². The monoisotopic (exact) mass is 236 g/mol. The van der Waals surface area contributed by atoms with Crippen molar-refractivity contribution in [2.45, 2.75) is 33.2 Å². The van der Waals surface area contributed by atoms with Crippen molar-refractivity contribution in [3.05, 3.63) is 12.4 Å². The van der Waals surface area contributed by atoms with Gasteiger partial charge in [0, 0.05) is 32.0 Å². The molecule has 0 bridgehead atoms. The van der Waals surface area contributed by atoms with Crippen molar-refractivity contribution >= 4 is 5.95 Å². The second-order valence-electron chi connectivity index (χ2n) is 4.76. The highest BCUT2D eigenvalue weighted by atomic mass is 15.3. The first kappa shape index (κ1) is 12.4. The van der Waals surface area contributed by atoms with Gasteiger partial charge in [-0.05, 0) is 45.7 Å². The highest BCUT2D eigenvalue weighted by Crippen LogP contribution is 2.17. The zero-order chi connectivity index (χ0) is 12.1. The van der Waals surface area contributed by atoms with Crippen molar-refractivity contribution in [2.24, 2.45) is 5.92 Å². The maximum atomic E-state index is 4.49. The third kappa shape index (κ3) is 3.00. The Kier molecular flexibility index (Phi) is 4.42. The average molecular weight is 236 g/mol. The van der Waals surface area contributed by atoms with Crippen molar-refractivity contribution < 1.29 is 0 Å². The fraction of sp³-hybridized carbons (Fsp3) is 0.769. The summed E-state index contributed by atoms with van der Waals surface area (Å²) in [4.78, 5) is 6.90. The van der Waals surface area contributed by atoms with Crippen LogP contribution in [0.4, 0.5) is 5.95 Å². The lowest BCUT2D eigenvalue weighted by atomic mass is 9.99. The van der Waals surface area contributed by atoms with E-state index in [1.54, 1.807) is 0 Å². The maximum absolute atomic E-state index is 4.49. The van der Waals surface area contributed by atoms with E-state index < -0.39 is 0 Å². The molecule has 17 heavy (non-hydrogen) atoms. The van der Waals surface area contributed by atoms with Crippen LogP contribution in [-0.4, -0.2) is 35.7 Å². The van der Waals surface area contributed by atoms with Gasteiger partial charge in [-0.3, -0.25) is 0 Å². The molecule has 1 unspecified atom stereocenters. The van der Waals surface area contributed by atoms with Crippen molar-refractivity contribution in [3.63, 3.8) is 0 Å². The molecule has 1 fully saturated rings. The fourth-order valence-corrected chi connectivity index (χ4v) is 2.58. The van der Waals surface area contributed by atoms with Gasteiger partial charge in [0.25, 0.3) is 0 Å². The molecule has 1 aliphatic heterocycles. The van der Waals surface area contributed by atoms with Crippen molar-refractivity contribution in [1.82, 2.24) is 14.9 Å². The van der Waals surface area contributed by atoms with E-state index in [2.05, 4.69) is 39.8 Å². The molecule has 4 heteroatoms. The number of nitrogens with zero attached hydrogens (tertiary/aromatic N) is 3. The highest BCUT2D eigenvalue weighted by Gasteiger charge is 2.18. The molecular formula is C13H24N4. The highest BCUT2D eigenvalue weighted by molar-refractivity contribution is 5.31. The Morgan fingerprint density at radius 2 is 2.41 bits per heavy atom. The van der Waals surface area contributed by atoms with E-state index in [1.165, 1.54) is 19.4 Å². The molecule has 2 heterocycles. The molecule has 0 aliphatic carbocycles. The predicted molar refractivity (Wildman–Crippen MR) is 71.4 cm³/mol. The van der Waals surface area contributed by atoms with Gasteiger partial charge in [0.2, 0.25) is 5.95 Å². The summed E-state index contributed by atoms with van der Waals surface area (Å²) >= 11 is 0. The molecule has 1 aromatic heterocycles. The number of imidazole rings is 1. The number of aromatic nitrogens is 2. The molecular weight excluding hydrogens is 212 g/mol. The van der Waals surface area contributed by atoms with Crippen molar-refractivity contribution in [1.29, 1.82) is 0 Å². The molecule has 96 valence electrons. The van der Waals surface area contributed by atoms with E-state index in [4.69, 9.17) is 0 Å². The van der Waals surface area contributed by atoms with E-state index in [1.807, 2.05) is 6.20 Å². The van der Waals surface area contributed by atoms with Gasteiger partial charge >= 0.3 is 0 Å². The Balaban J connectivity index is 2.00. The Morgan fingerprint density at radius 1 is 1.53 bits per heavy atom. The maximum Gasteiger partial charge on any atom is 0.205 e. The number of hydrogen-bond acceptors (Lipinski definition) is 3. The van der Waals surface area contributed by atoms with Crippen LogP contribution in [-0.2, 0) is 6.54 Å². The molecule has 1 aromatic rings. The zero-order valence-electron chi connectivity index (χ0n) is 11.0. The van der Waals surface area contributed by atoms with E-state index >= 15 is 0 Å². The van der Waals surface area contributed by atoms with E-state index in [-0.39, 0.29) is 0 Å². The second-order valence-corrected chi connectivity index (χ2v) is 4.76. The number of rotatable bonds is 5. The summed E-state index contributed by atoms with van der Waals surface area (Å²) in [6, 6.07) is 0. The Labute approximate surface area is 104 Å². The van der Waals surface area contributed by atoms with Gasteiger partial charge in [-0.15, -0.1) is 0 Å². The molecule has 0 aromatic carbocycles. The number of nitrogens with one attached hydrogen (secondary N) is 1. The Bertz CT molecular complexity index is 328. The summed E-state index contributed by atoms with van der Waals surface area (Å²) in [5.41, 5.74) is 0. The second kappa shape index (κ2) is 6.05. The molecule has 1 aliphatic rings. The smallest absolute Gasteiger partial charge is 0.205 e. The lowest BCUT2D eigenvalue weighted by Gasteiger charge is -2.30. The number of aryl methyl sites for hydroxylation is 1. The van der Waals surface area contributed by atoms with Crippen molar-refractivity contribution in [2.75, 3.05) is 31.1 Å². The lowest BCUT2D eigenvalue weighted by molar-refractivity contribution is 0.375. The quantitative estimate of drug-likeness (QED) is 0.845. The number of piperidine rings is 1. The van der Waals surface area contributed by atoms with Gasteiger partial charge in [0.05, 0.1) is 0 Å². The number of anilines is 1. The summed E-state index contributed by atoms with van der Waals surface area (Å²) < 4.78 is 2.22. The van der Waals surface area contributed by atoms with Gasteiger partial charge < -0.3 is 14.8 Å². The van der Waals surface area contributed by atoms with Crippen LogP contribution >= 0.6 is 0 Å². The normalized spacial score (nSPS) is 20.5. The number of hydrogen-bond donors (Lipinski definition) is 1. The van der Waals surface area contributed by atoms with E-state index in [0.29, 0.717) is 0 Å². The first-order valence-corrected chi connectivity index (χ1v) is 6.82. The van der Waals surface area contributed by atoms with Crippen LogP contribution < -0.4 is 10.2 Å². The first-order chi connectivity index (χ1) is 8.35. The molecule has 2 rings (SSSR count). The predicted octanol–water partition coefficient (Wildman–Crippen LogP) is 1.73. The van der Waals surface area contributed by atoms with Crippen LogP contribution in [0.25, 0.3) is 0 Å². The fourth-order valence-electron chi connectivity index (χ4n) is 2.58. The van der Waals surface area contributed by atoms with Crippen LogP contribution in [0.5, 0.6) is 0 Å². The van der Waals surface area contributed by atoms with Crippen LogP contribution in [0.3, 0.4) is 0 Å². The molecule has 0 amide bonds. The first-order valence-electron chi connectivity index (χ1n) is 6.82. The molecule has 0 saturated carbocycles.